The summed E-state index contributed by atoms with van der Waals surface area (Å²) in [7, 11) is 0. The molecule has 2 aromatic rings. The molecule has 0 saturated carbocycles. The Kier molecular flexibility index (Phi) is 3.01. The molecule has 0 bridgehead atoms. The summed E-state index contributed by atoms with van der Waals surface area (Å²) in [6.45, 7) is 5.91. The number of rotatable bonds is 0. The van der Waals surface area contributed by atoms with Crippen LogP contribution in [0.2, 0.25) is 0 Å². The van der Waals surface area contributed by atoms with Crippen molar-refractivity contribution in [3.8, 4) is 0 Å². The molecule has 1 aromatic carbocycles. The first-order chi connectivity index (χ1) is 6.27. The molecular weight excluding hydrogens is 167 g/mol. The standard InChI is InChI=1S/C8H7FN2.C2H6.H2/c1-5-7-3-2-6(9)4-8(7)11-10-5;1-2;/h2-4H,1H3,(H,10,11);1-2H3;1H. The summed E-state index contributed by atoms with van der Waals surface area (Å²) >= 11 is 0. The zero-order valence-corrected chi connectivity index (χ0v) is 8.06. The van der Waals surface area contributed by atoms with Crippen LogP contribution in [-0.2, 0) is 0 Å². The number of fused-ring (bicyclic) bond motifs is 1. The Bertz CT molecular complexity index is 398. The second-order valence-electron chi connectivity index (χ2n) is 2.51. The van der Waals surface area contributed by atoms with Crippen molar-refractivity contribution in [3.05, 3.63) is 29.7 Å². The van der Waals surface area contributed by atoms with Crippen molar-refractivity contribution < 1.29 is 5.82 Å². The van der Waals surface area contributed by atoms with E-state index in [0.717, 1.165) is 11.1 Å². The van der Waals surface area contributed by atoms with Gasteiger partial charge >= 0.3 is 0 Å². The minimum absolute atomic E-state index is 0. The SMILES string of the molecule is CC.Cc1[nH]nc2cc(F)ccc12.[HH]. The first-order valence-electron chi connectivity index (χ1n) is 4.37. The highest BCUT2D eigenvalue weighted by molar-refractivity contribution is 5.80. The van der Waals surface area contributed by atoms with Crippen molar-refractivity contribution in [3.63, 3.8) is 0 Å². The molecule has 1 N–H and O–H groups in total. The van der Waals surface area contributed by atoms with Crippen LogP contribution in [0.4, 0.5) is 4.39 Å². The molecule has 1 heterocycles. The molecule has 0 unspecified atom stereocenters. The summed E-state index contributed by atoms with van der Waals surface area (Å²) in [6, 6.07) is 4.58. The molecule has 0 saturated heterocycles. The smallest absolute Gasteiger partial charge is 0.125 e. The van der Waals surface area contributed by atoms with Gasteiger partial charge in [-0.2, -0.15) is 5.10 Å². The van der Waals surface area contributed by atoms with Gasteiger partial charge in [-0.25, -0.2) is 4.39 Å². The third kappa shape index (κ3) is 1.86. The minimum atomic E-state index is -0.246. The Morgan fingerprint density at radius 3 is 2.77 bits per heavy atom. The van der Waals surface area contributed by atoms with Crippen LogP contribution < -0.4 is 0 Å². The highest BCUT2D eigenvalue weighted by atomic mass is 19.1. The Labute approximate surface area is 78.3 Å². The Morgan fingerprint density at radius 2 is 2.08 bits per heavy atom. The molecule has 3 heteroatoms. The molecule has 0 radical (unpaired) electrons. The molecule has 1 aromatic heterocycles. The molecule has 0 aliphatic carbocycles. The Morgan fingerprint density at radius 1 is 1.38 bits per heavy atom. The molecular formula is C10H15FN2. The molecule has 0 fully saturated rings. The lowest BCUT2D eigenvalue weighted by Gasteiger charge is -1.87. The van der Waals surface area contributed by atoms with Gasteiger partial charge in [-0.3, -0.25) is 5.10 Å². The topological polar surface area (TPSA) is 28.7 Å². The number of aromatic amines is 1. The highest BCUT2D eigenvalue weighted by Crippen LogP contribution is 2.15. The second kappa shape index (κ2) is 4.03. The average molecular weight is 182 g/mol. The number of H-pyrrole nitrogens is 1. The van der Waals surface area contributed by atoms with Crippen molar-refractivity contribution in [2.75, 3.05) is 0 Å². The zero-order valence-electron chi connectivity index (χ0n) is 8.06. The number of benzene rings is 1. The third-order valence-corrected chi connectivity index (χ3v) is 1.71. The summed E-state index contributed by atoms with van der Waals surface area (Å²) in [5.74, 6) is -0.246. The summed E-state index contributed by atoms with van der Waals surface area (Å²) in [5.41, 5.74) is 1.66. The van der Waals surface area contributed by atoms with Crippen LogP contribution in [0.15, 0.2) is 18.2 Å². The van der Waals surface area contributed by atoms with Gasteiger partial charge in [-0.15, -0.1) is 0 Å². The molecule has 0 aliphatic heterocycles. The van der Waals surface area contributed by atoms with Gasteiger partial charge in [0.2, 0.25) is 0 Å². The maximum Gasteiger partial charge on any atom is 0.125 e. The summed E-state index contributed by atoms with van der Waals surface area (Å²) in [4.78, 5) is 0. The monoisotopic (exact) mass is 182 g/mol. The predicted molar refractivity (Wildman–Crippen MR) is 54.3 cm³/mol. The fourth-order valence-electron chi connectivity index (χ4n) is 1.12. The fourth-order valence-corrected chi connectivity index (χ4v) is 1.12. The van der Waals surface area contributed by atoms with Gasteiger partial charge in [0, 0.05) is 18.6 Å². The maximum absolute atomic E-state index is 12.6. The van der Waals surface area contributed by atoms with Gasteiger partial charge in [0.1, 0.15) is 5.82 Å². The lowest BCUT2D eigenvalue weighted by Crippen LogP contribution is -1.72. The van der Waals surface area contributed by atoms with Crippen molar-refractivity contribution in [2.45, 2.75) is 20.8 Å². The predicted octanol–water partition coefficient (Wildman–Crippen LogP) is 3.28. The zero-order chi connectivity index (χ0) is 9.84. The van der Waals surface area contributed by atoms with E-state index in [1.165, 1.54) is 12.1 Å². The molecule has 0 aliphatic rings. The van der Waals surface area contributed by atoms with E-state index in [2.05, 4.69) is 10.2 Å². The molecule has 0 spiro atoms. The summed E-state index contributed by atoms with van der Waals surface area (Å²) < 4.78 is 12.6. The first kappa shape index (κ1) is 9.71. The molecule has 0 amide bonds. The van der Waals surface area contributed by atoms with E-state index < -0.39 is 0 Å². The van der Waals surface area contributed by atoms with Crippen LogP contribution in [0.5, 0.6) is 0 Å². The van der Waals surface area contributed by atoms with Crippen LogP contribution >= 0.6 is 0 Å². The van der Waals surface area contributed by atoms with Crippen LogP contribution in [0.1, 0.15) is 21.0 Å². The highest BCUT2D eigenvalue weighted by Gasteiger charge is 2.00. The van der Waals surface area contributed by atoms with E-state index >= 15 is 0 Å². The number of hydrogen-bond acceptors (Lipinski definition) is 1. The first-order valence-corrected chi connectivity index (χ1v) is 4.37. The van der Waals surface area contributed by atoms with Crippen molar-refractivity contribution >= 4 is 10.9 Å². The number of nitrogens with zero attached hydrogens (tertiary/aromatic N) is 1. The van der Waals surface area contributed by atoms with Crippen LogP contribution in [0, 0.1) is 12.7 Å². The van der Waals surface area contributed by atoms with Gasteiger partial charge in [-0.05, 0) is 19.1 Å². The van der Waals surface area contributed by atoms with Gasteiger partial charge in [0.25, 0.3) is 0 Å². The largest absolute Gasteiger partial charge is 0.282 e. The molecule has 13 heavy (non-hydrogen) atoms. The third-order valence-electron chi connectivity index (χ3n) is 1.71. The van der Waals surface area contributed by atoms with E-state index in [1.54, 1.807) is 6.07 Å². The van der Waals surface area contributed by atoms with Crippen LogP contribution in [0.25, 0.3) is 10.9 Å². The van der Waals surface area contributed by atoms with Crippen molar-refractivity contribution in [2.24, 2.45) is 0 Å². The van der Waals surface area contributed by atoms with Gasteiger partial charge in [0.15, 0.2) is 0 Å². The number of halogens is 1. The number of aryl methyl sites for hydroxylation is 1. The van der Waals surface area contributed by atoms with E-state index in [9.17, 15) is 4.39 Å². The molecule has 2 rings (SSSR count). The summed E-state index contributed by atoms with van der Waals surface area (Å²) in [5, 5.41) is 7.68. The van der Waals surface area contributed by atoms with Crippen LogP contribution in [-0.4, -0.2) is 10.2 Å². The maximum atomic E-state index is 12.6. The number of hydrogen-bond donors (Lipinski definition) is 1. The lowest BCUT2D eigenvalue weighted by atomic mass is 10.2. The van der Waals surface area contributed by atoms with E-state index in [-0.39, 0.29) is 7.24 Å². The molecule has 72 valence electrons. The van der Waals surface area contributed by atoms with E-state index in [0.29, 0.717) is 5.52 Å². The fraction of sp³-hybridized carbons (Fsp3) is 0.300. The average Bonchev–Trinajstić information content (AvgIpc) is 2.51. The Balaban J connectivity index is 0.000000531. The number of nitrogens with one attached hydrogen (secondary N) is 1. The number of aromatic nitrogens is 2. The minimum Gasteiger partial charge on any atom is -0.282 e. The van der Waals surface area contributed by atoms with E-state index in [4.69, 9.17) is 0 Å². The molecule has 2 nitrogen and oxygen atoms in total. The molecule has 0 atom stereocenters. The van der Waals surface area contributed by atoms with E-state index in [1.807, 2.05) is 20.8 Å². The second-order valence-corrected chi connectivity index (χ2v) is 2.51. The van der Waals surface area contributed by atoms with Crippen LogP contribution in [0.3, 0.4) is 0 Å². The quantitative estimate of drug-likeness (QED) is 0.665. The van der Waals surface area contributed by atoms with Gasteiger partial charge < -0.3 is 0 Å². The lowest BCUT2D eigenvalue weighted by molar-refractivity contribution is 0.629. The van der Waals surface area contributed by atoms with Crippen molar-refractivity contribution in [1.82, 2.24) is 10.2 Å². The normalized spacial score (nSPS) is 9.54. The van der Waals surface area contributed by atoms with Crippen molar-refractivity contribution in [1.29, 1.82) is 0 Å². The Hall–Kier alpha value is -1.38. The van der Waals surface area contributed by atoms with Gasteiger partial charge in [0.05, 0.1) is 5.52 Å². The summed E-state index contributed by atoms with van der Waals surface area (Å²) in [6.07, 6.45) is 0. The van der Waals surface area contributed by atoms with Gasteiger partial charge in [-0.1, -0.05) is 13.8 Å².